The zero-order valence-corrected chi connectivity index (χ0v) is 7.31. The minimum absolute atomic E-state index is 0.931. The van der Waals surface area contributed by atoms with Gasteiger partial charge in [-0.15, -0.1) is 0 Å². The minimum Gasteiger partial charge on any atom is -0.262 e. The zero-order chi connectivity index (χ0) is 9.10. The highest BCUT2D eigenvalue weighted by Gasteiger charge is 1.97. The Labute approximate surface area is 76.5 Å². The van der Waals surface area contributed by atoms with E-state index in [2.05, 4.69) is 15.0 Å². The van der Waals surface area contributed by atoms with Gasteiger partial charge in [0.05, 0.1) is 5.69 Å². The van der Waals surface area contributed by atoms with Crippen LogP contribution in [0.2, 0.25) is 0 Å². The first-order valence-corrected chi connectivity index (χ1v) is 4.05. The highest BCUT2D eigenvalue weighted by molar-refractivity contribution is 5.57. The van der Waals surface area contributed by atoms with Gasteiger partial charge in [0.1, 0.15) is 6.33 Å². The fraction of sp³-hybridized carbons (Fsp3) is 0.100. The number of hydrogen-bond donors (Lipinski definition) is 0. The third-order valence-corrected chi connectivity index (χ3v) is 1.77. The molecule has 0 radical (unpaired) electrons. The third kappa shape index (κ3) is 1.69. The molecule has 0 saturated heterocycles. The second kappa shape index (κ2) is 3.31. The number of nitrogens with zero attached hydrogens (tertiary/aromatic N) is 3. The molecular formula is C10H9N3. The molecule has 2 aromatic heterocycles. The maximum atomic E-state index is 4.15. The molecule has 0 aliphatic rings. The van der Waals surface area contributed by atoms with Crippen molar-refractivity contribution in [3.05, 3.63) is 42.6 Å². The highest BCUT2D eigenvalue weighted by atomic mass is 14.8. The van der Waals surface area contributed by atoms with E-state index in [4.69, 9.17) is 0 Å². The molecule has 2 heterocycles. The lowest BCUT2D eigenvalue weighted by molar-refractivity contribution is 1.16. The molecule has 0 fully saturated rings. The van der Waals surface area contributed by atoms with E-state index in [0.29, 0.717) is 0 Å². The average molecular weight is 171 g/mol. The Hall–Kier alpha value is -1.77. The Morgan fingerprint density at radius 1 is 1.08 bits per heavy atom. The SMILES string of the molecule is Cc1cc(-c2ccncn2)ccn1. The zero-order valence-electron chi connectivity index (χ0n) is 7.31. The second-order valence-electron chi connectivity index (χ2n) is 2.78. The van der Waals surface area contributed by atoms with E-state index >= 15 is 0 Å². The van der Waals surface area contributed by atoms with Crippen LogP contribution in [0, 0.1) is 6.92 Å². The van der Waals surface area contributed by atoms with Gasteiger partial charge in [-0.05, 0) is 25.1 Å². The molecule has 0 aromatic carbocycles. The number of aromatic nitrogens is 3. The molecule has 0 bridgehead atoms. The van der Waals surface area contributed by atoms with Crippen molar-refractivity contribution in [2.24, 2.45) is 0 Å². The van der Waals surface area contributed by atoms with Crippen molar-refractivity contribution in [3.63, 3.8) is 0 Å². The molecule has 3 heteroatoms. The van der Waals surface area contributed by atoms with Crippen LogP contribution in [-0.4, -0.2) is 15.0 Å². The van der Waals surface area contributed by atoms with Gasteiger partial charge in [-0.3, -0.25) is 4.98 Å². The average Bonchev–Trinajstić information content (AvgIpc) is 2.19. The summed E-state index contributed by atoms with van der Waals surface area (Å²) in [6.07, 6.45) is 5.07. The molecule has 0 unspecified atom stereocenters. The monoisotopic (exact) mass is 171 g/mol. The van der Waals surface area contributed by atoms with Crippen molar-refractivity contribution in [3.8, 4) is 11.3 Å². The van der Waals surface area contributed by atoms with Crippen LogP contribution in [0.4, 0.5) is 0 Å². The Bertz CT molecular complexity index is 398. The van der Waals surface area contributed by atoms with E-state index in [9.17, 15) is 0 Å². The lowest BCUT2D eigenvalue weighted by Crippen LogP contribution is -1.86. The first kappa shape index (κ1) is 7.86. The van der Waals surface area contributed by atoms with E-state index in [1.165, 1.54) is 0 Å². The number of pyridine rings is 1. The molecule has 0 aliphatic carbocycles. The molecule has 3 nitrogen and oxygen atoms in total. The molecule has 64 valence electrons. The summed E-state index contributed by atoms with van der Waals surface area (Å²) < 4.78 is 0. The maximum Gasteiger partial charge on any atom is 0.116 e. The molecule has 0 amide bonds. The lowest BCUT2D eigenvalue weighted by atomic mass is 10.2. The van der Waals surface area contributed by atoms with Crippen LogP contribution < -0.4 is 0 Å². The number of aryl methyl sites for hydroxylation is 1. The highest BCUT2D eigenvalue weighted by Crippen LogP contribution is 2.14. The van der Waals surface area contributed by atoms with Crippen LogP contribution >= 0.6 is 0 Å². The smallest absolute Gasteiger partial charge is 0.116 e. The fourth-order valence-corrected chi connectivity index (χ4v) is 1.17. The van der Waals surface area contributed by atoms with E-state index in [-0.39, 0.29) is 0 Å². The molecule has 2 aromatic rings. The first-order chi connectivity index (χ1) is 6.36. The first-order valence-electron chi connectivity index (χ1n) is 4.05. The van der Waals surface area contributed by atoms with Gasteiger partial charge in [0, 0.05) is 23.7 Å². The molecule has 2 rings (SSSR count). The van der Waals surface area contributed by atoms with Crippen LogP contribution in [-0.2, 0) is 0 Å². The van der Waals surface area contributed by atoms with Crippen molar-refractivity contribution < 1.29 is 0 Å². The predicted molar refractivity (Wildman–Crippen MR) is 50.0 cm³/mol. The Kier molecular flexibility index (Phi) is 2.00. The van der Waals surface area contributed by atoms with Crippen LogP contribution in [0.5, 0.6) is 0 Å². The van der Waals surface area contributed by atoms with Gasteiger partial charge in [-0.25, -0.2) is 9.97 Å². The van der Waals surface area contributed by atoms with Crippen LogP contribution in [0.3, 0.4) is 0 Å². The topological polar surface area (TPSA) is 38.7 Å². The quantitative estimate of drug-likeness (QED) is 0.657. The van der Waals surface area contributed by atoms with Crippen LogP contribution in [0.25, 0.3) is 11.3 Å². The van der Waals surface area contributed by atoms with Crippen molar-refractivity contribution in [1.29, 1.82) is 0 Å². The van der Waals surface area contributed by atoms with Gasteiger partial charge in [0.25, 0.3) is 0 Å². The van der Waals surface area contributed by atoms with Gasteiger partial charge in [-0.1, -0.05) is 0 Å². The van der Waals surface area contributed by atoms with E-state index in [1.807, 2.05) is 25.1 Å². The third-order valence-electron chi connectivity index (χ3n) is 1.77. The maximum absolute atomic E-state index is 4.15. The summed E-state index contributed by atoms with van der Waals surface area (Å²) in [5.74, 6) is 0. The largest absolute Gasteiger partial charge is 0.262 e. The Morgan fingerprint density at radius 3 is 2.69 bits per heavy atom. The summed E-state index contributed by atoms with van der Waals surface area (Å²) in [4.78, 5) is 12.1. The van der Waals surface area contributed by atoms with E-state index < -0.39 is 0 Å². The predicted octanol–water partition coefficient (Wildman–Crippen LogP) is 1.85. The molecule has 13 heavy (non-hydrogen) atoms. The van der Waals surface area contributed by atoms with Crippen molar-refractivity contribution in [1.82, 2.24) is 15.0 Å². The number of hydrogen-bond acceptors (Lipinski definition) is 3. The minimum atomic E-state index is 0.931. The van der Waals surface area contributed by atoms with Crippen LogP contribution in [0.15, 0.2) is 36.9 Å². The summed E-state index contributed by atoms with van der Waals surface area (Å²) >= 11 is 0. The summed E-state index contributed by atoms with van der Waals surface area (Å²) in [6.45, 7) is 1.96. The molecule has 0 N–H and O–H groups in total. The molecule has 0 spiro atoms. The van der Waals surface area contributed by atoms with Gasteiger partial charge < -0.3 is 0 Å². The van der Waals surface area contributed by atoms with Crippen LogP contribution in [0.1, 0.15) is 5.69 Å². The standard InChI is InChI=1S/C10H9N3/c1-8-6-9(2-5-12-8)10-3-4-11-7-13-10/h2-7H,1H3. The number of rotatable bonds is 1. The van der Waals surface area contributed by atoms with Crippen molar-refractivity contribution in [2.75, 3.05) is 0 Å². The fourth-order valence-electron chi connectivity index (χ4n) is 1.17. The Balaban J connectivity index is 2.48. The molecule has 0 saturated carbocycles. The molecule has 0 atom stereocenters. The van der Waals surface area contributed by atoms with E-state index in [1.54, 1.807) is 18.7 Å². The van der Waals surface area contributed by atoms with Crippen molar-refractivity contribution >= 4 is 0 Å². The van der Waals surface area contributed by atoms with E-state index in [0.717, 1.165) is 17.0 Å². The Morgan fingerprint density at radius 2 is 2.00 bits per heavy atom. The second-order valence-corrected chi connectivity index (χ2v) is 2.78. The van der Waals surface area contributed by atoms with Gasteiger partial charge in [0.15, 0.2) is 0 Å². The summed E-state index contributed by atoms with van der Waals surface area (Å²) in [7, 11) is 0. The summed E-state index contributed by atoms with van der Waals surface area (Å²) in [5.41, 5.74) is 3.01. The lowest BCUT2D eigenvalue weighted by Gasteiger charge is -1.99. The molecule has 0 aliphatic heterocycles. The molecular weight excluding hydrogens is 162 g/mol. The van der Waals surface area contributed by atoms with Gasteiger partial charge in [0.2, 0.25) is 0 Å². The van der Waals surface area contributed by atoms with Gasteiger partial charge in [-0.2, -0.15) is 0 Å². The van der Waals surface area contributed by atoms with Crippen molar-refractivity contribution in [2.45, 2.75) is 6.92 Å². The van der Waals surface area contributed by atoms with Gasteiger partial charge >= 0.3 is 0 Å². The summed E-state index contributed by atoms with van der Waals surface area (Å²) in [5, 5.41) is 0. The summed E-state index contributed by atoms with van der Waals surface area (Å²) in [6, 6.07) is 5.83. The normalized spacial score (nSPS) is 9.92.